The topological polar surface area (TPSA) is 123 Å². The molecule has 186 valence electrons. The van der Waals surface area contributed by atoms with Gasteiger partial charge in [-0.3, -0.25) is 4.79 Å². The summed E-state index contributed by atoms with van der Waals surface area (Å²) in [6.07, 6.45) is -0.517. The molecule has 3 unspecified atom stereocenters. The van der Waals surface area contributed by atoms with Gasteiger partial charge in [-0.2, -0.15) is 0 Å². The van der Waals surface area contributed by atoms with Gasteiger partial charge >= 0.3 is 12.1 Å². The minimum Gasteiger partial charge on any atom is -0.479 e. The average molecular weight is 483 g/mol. The molecule has 4 rings (SSSR count). The lowest BCUT2D eigenvalue weighted by Gasteiger charge is -2.30. The number of aliphatic carboxylic acids is 1. The molecule has 3 N–H and O–H groups in total. The number of hydrogen-bond acceptors (Lipinski definition) is 6. The zero-order chi connectivity index (χ0) is 25.0. The van der Waals surface area contributed by atoms with Crippen molar-refractivity contribution in [3.8, 4) is 11.1 Å². The highest BCUT2D eigenvalue weighted by atomic mass is 16.5. The molecule has 35 heavy (non-hydrogen) atoms. The molecule has 0 radical (unpaired) electrons. The van der Waals surface area contributed by atoms with Crippen LogP contribution < -0.4 is 10.6 Å². The second kappa shape index (κ2) is 10.5. The number of carbonyl (C=O) groups is 3. The van der Waals surface area contributed by atoms with Gasteiger partial charge in [0.1, 0.15) is 6.61 Å². The molecule has 1 aliphatic carbocycles. The number of ether oxygens (including phenoxy) is 3. The maximum absolute atomic E-state index is 12.9. The standard InChI is InChI=1S/C26H30N2O7/c1-3-26(15-33-2,24(30)31)28-23(29)21-12-34-14-22(21)27-25(32)35-13-20-18-10-6-4-8-16(18)17-9-5-7-11-19(17)20/h4-11,20-22H,3,12-15H2,1-2H3,(H,27,32)(H,28,29)(H,30,31). The van der Waals surface area contributed by atoms with Gasteiger partial charge in [-0.15, -0.1) is 0 Å². The number of rotatable bonds is 9. The maximum atomic E-state index is 12.9. The first-order chi connectivity index (χ1) is 16.9. The quantitative estimate of drug-likeness (QED) is 0.502. The van der Waals surface area contributed by atoms with Crippen molar-refractivity contribution in [3.05, 3.63) is 59.7 Å². The number of alkyl carbamates (subject to hydrolysis) is 1. The number of carbonyl (C=O) groups excluding carboxylic acids is 2. The van der Waals surface area contributed by atoms with Crippen molar-refractivity contribution in [1.29, 1.82) is 0 Å². The molecule has 0 bridgehead atoms. The van der Waals surface area contributed by atoms with E-state index < -0.39 is 35.5 Å². The first-order valence-electron chi connectivity index (χ1n) is 11.6. The van der Waals surface area contributed by atoms with E-state index in [0.29, 0.717) is 0 Å². The lowest BCUT2D eigenvalue weighted by atomic mass is 9.94. The molecule has 1 heterocycles. The van der Waals surface area contributed by atoms with Gasteiger partial charge in [0.15, 0.2) is 5.54 Å². The molecule has 0 aromatic heterocycles. The number of amides is 2. The molecule has 1 saturated heterocycles. The number of hydrogen-bond donors (Lipinski definition) is 3. The van der Waals surface area contributed by atoms with E-state index in [1.807, 2.05) is 36.4 Å². The van der Waals surface area contributed by atoms with E-state index in [-0.39, 0.29) is 38.8 Å². The van der Waals surface area contributed by atoms with Gasteiger partial charge in [-0.25, -0.2) is 9.59 Å². The van der Waals surface area contributed by atoms with Crippen LogP contribution in [0.4, 0.5) is 4.79 Å². The number of carboxylic acid groups (broad SMARTS) is 1. The van der Waals surface area contributed by atoms with E-state index in [0.717, 1.165) is 22.3 Å². The Kier molecular flexibility index (Phi) is 7.37. The van der Waals surface area contributed by atoms with Crippen LogP contribution in [0.25, 0.3) is 11.1 Å². The van der Waals surface area contributed by atoms with Crippen molar-refractivity contribution in [3.63, 3.8) is 0 Å². The number of benzene rings is 2. The number of nitrogens with one attached hydrogen (secondary N) is 2. The van der Waals surface area contributed by atoms with Crippen molar-refractivity contribution < 1.29 is 33.7 Å². The number of carboxylic acids is 1. The summed E-state index contributed by atoms with van der Waals surface area (Å²) in [6.45, 7) is 1.81. The lowest BCUT2D eigenvalue weighted by Crippen LogP contribution is -2.60. The van der Waals surface area contributed by atoms with Crippen LogP contribution in [-0.2, 0) is 23.8 Å². The smallest absolute Gasteiger partial charge is 0.407 e. The molecule has 9 nitrogen and oxygen atoms in total. The number of methoxy groups -OCH3 is 1. The van der Waals surface area contributed by atoms with Gasteiger partial charge in [0, 0.05) is 13.0 Å². The molecule has 1 aliphatic heterocycles. The maximum Gasteiger partial charge on any atom is 0.407 e. The van der Waals surface area contributed by atoms with E-state index in [2.05, 4.69) is 22.8 Å². The van der Waals surface area contributed by atoms with E-state index in [9.17, 15) is 19.5 Å². The molecule has 0 saturated carbocycles. The van der Waals surface area contributed by atoms with Crippen molar-refractivity contribution >= 4 is 18.0 Å². The minimum atomic E-state index is -1.55. The Balaban J connectivity index is 1.39. The average Bonchev–Trinajstić information content (AvgIpc) is 3.44. The Morgan fingerprint density at radius 3 is 2.26 bits per heavy atom. The van der Waals surface area contributed by atoms with Crippen molar-refractivity contribution in [2.75, 3.05) is 33.5 Å². The first kappa shape index (κ1) is 24.7. The lowest BCUT2D eigenvalue weighted by molar-refractivity contribution is -0.151. The zero-order valence-corrected chi connectivity index (χ0v) is 19.8. The minimum absolute atomic E-state index is 0.0621. The van der Waals surface area contributed by atoms with Crippen LogP contribution in [0, 0.1) is 5.92 Å². The van der Waals surface area contributed by atoms with E-state index in [4.69, 9.17) is 14.2 Å². The second-order valence-corrected chi connectivity index (χ2v) is 8.88. The Labute approximate surface area is 203 Å². The van der Waals surface area contributed by atoms with Crippen LogP contribution in [0.15, 0.2) is 48.5 Å². The highest BCUT2D eigenvalue weighted by Gasteiger charge is 2.43. The summed E-state index contributed by atoms with van der Waals surface area (Å²) < 4.78 is 16.0. The fourth-order valence-electron chi connectivity index (χ4n) is 4.81. The van der Waals surface area contributed by atoms with Gasteiger partial charge in [0.2, 0.25) is 5.91 Å². The SMILES string of the molecule is CCC(COC)(NC(=O)C1COCC1NC(=O)OCC1c2ccccc2-c2ccccc21)C(=O)O. The fourth-order valence-corrected chi connectivity index (χ4v) is 4.81. The Bertz CT molecular complexity index is 1060. The molecule has 2 aromatic rings. The first-order valence-corrected chi connectivity index (χ1v) is 11.6. The van der Waals surface area contributed by atoms with Crippen LogP contribution in [0.2, 0.25) is 0 Å². The molecule has 0 spiro atoms. The predicted octanol–water partition coefficient (Wildman–Crippen LogP) is 2.54. The van der Waals surface area contributed by atoms with E-state index in [1.54, 1.807) is 6.92 Å². The Morgan fingerprint density at radius 1 is 1.06 bits per heavy atom. The van der Waals surface area contributed by atoms with Gasteiger partial charge in [0.05, 0.1) is 31.8 Å². The Hall–Kier alpha value is -3.43. The molecule has 2 aliphatic rings. The largest absolute Gasteiger partial charge is 0.479 e. The van der Waals surface area contributed by atoms with E-state index >= 15 is 0 Å². The number of fused-ring (bicyclic) bond motifs is 3. The molecule has 3 atom stereocenters. The van der Waals surface area contributed by atoms with Crippen LogP contribution in [0.5, 0.6) is 0 Å². The summed E-state index contributed by atoms with van der Waals surface area (Å²) in [6, 6.07) is 15.5. The van der Waals surface area contributed by atoms with Crippen LogP contribution >= 0.6 is 0 Å². The van der Waals surface area contributed by atoms with E-state index in [1.165, 1.54) is 7.11 Å². The van der Waals surface area contributed by atoms with Gasteiger partial charge in [-0.05, 0) is 28.7 Å². The van der Waals surface area contributed by atoms with Gasteiger partial charge < -0.3 is 30.0 Å². The third kappa shape index (κ3) is 4.87. The summed E-state index contributed by atoms with van der Waals surface area (Å²) in [7, 11) is 1.37. The van der Waals surface area contributed by atoms with Crippen molar-refractivity contribution in [2.24, 2.45) is 5.92 Å². The highest BCUT2D eigenvalue weighted by molar-refractivity contribution is 5.89. The fraction of sp³-hybridized carbons (Fsp3) is 0.423. The molecular formula is C26H30N2O7. The van der Waals surface area contributed by atoms with Crippen molar-refractivity contribution in [2.45, 2.75) is 30.8 Å². The third-order valence-electron chi connectivity index (χ3n) is 6.83. The normalized spacial score (nSPS) is 20.4. The van der Waals surface area contributed by atoms with Crippen LogP contribution in [0.3, 0.4) is 0 Å². The second-order valence-electron chi connectivity index (χ2n) is 8.88. The third-order valence-corrected chi connectivity index (χ3v) is 6.83. The Morgan fingerprint density at radius 2 is 1.69 bits per heavy atom. The molecule has 2 amide bonds. The summed E-state index contributed by atoms with van der Waals surface area (Å²) in [5.41, 5.74) is 2.91. The molecule has 2 aromatic carbocycles. The summed E-state index contributed by atoms with van der Waals surface area (Å²) in [5, 5.41) is 15.0. The van der Waals surface area contributed by atoms with Crippen LogP contribution in [-0.4, -0.2) is 68.2 Å². The summed E-state index contributed by atoms with van der Waals surface area (Å²) in [5.74, 6) is -2.54. The van der Waals surface area contributed by atoms with Gasteiger partial charge in [0.25, 0.3) is 0 Å². The highest BCUT2D eigenvalue weighted by Crippen LogP contribution is 2.44. The molecule has 1 fully saturated rings. The predicted molar refractivity (Wildman–Crippen MR) is 127 cm³/mol. The zero-order valence-electron chi connectivity index (χ0n) is 19.8. The molecule has 9 heteroatoms. The van der Waals surface area contributed by atoms with Gasteiger partial charge in [-0.1, -0.05) is 55.5 Å². The summed E-state index contributed by atoms with van der Waals surface area (Å²) >= 11 is 0. The van der Waals surface area contributed by atoms with Crippen molar-refractivity contribution in [1.82, 2.24) is 10.6 Å². The van der Waals surface area contributed by atoms with Crippen LogP contribution in [0.1, 0.15) is 30.4 Å². The summed E-state index contributed by atoms with van der Waals surface area (Å²) in [4.78, 5) is 37.4. The molecular weight excluding hydrogens is 452 g/mol. The monoisotopic (exact) mass is 482 g/mol.